The molecule has 7 nitrogen and oxygen atoms in total. The van der Waals surface area contributed by atoms with Gasteiger partial charge in [0, 0.05) is 19.3 Å². The van der Waals surface area contributed by atoms with Gasteiger partial charge >= 0.3 is 0 Å². The highest BCUT2D eigenvalue weighted by atomic mass is 16.3. The zero-order valence-electron chi connectivity index (χ0n) is 13.8. The Morgan fingerprint density at radius 3 is 2.79 bits per heavy atom. The van der Waals surface area contributed by atoms with E-state index in [0.717, 1.165) is 25.9 Å². The summed E-state index contributed by atoms with van der Waals surface area (Å²) in [5.41, 5.74) is 0.672. The first kappa shape index (κ1) is 16.3. The highest BCUT2D eigenvalue weighted by Crippen LogP contribution is 2.16. The van der Waals surface area contributed by atoms with Crippen LogP contribution >= 0.6 is 0 Å². The van der Waals surface area contributed by atoms with E-state index in [1.807, 2.05) is 11.0 Å². The van der Waals surface area contributed by atoms with Crippen molar-refractivity contribution in [1.29, 1.82) is 0 Å². The summed E-state index contributed by atoms with van der Waals surface area (Å²) in [7, 11) is 0. The number of carbonyl (C=O) groups is 2. The lowest BCUT2D eigenvalue weighted by molar-refractivity contribution is -0.136. The van der Waals surface area contributed by atoms with Crippen molar-refractivity contribution in [3.63, 3.8) is 0 Å². The second-order valence-electron chi connectivity index (χ2n) is 6.05. The first-order valence-corrected chi connectivity index (χ1v) is 8.29. The van der Waals surface area contributed by atoms with E-state index >= 15 is 0 Å². The number of nitrogens with zero attached hydrogens (tertiary/aromatic N) is 3. The molecule has 2 amide bonds. The lowest BCUT2D eigenvalue weighted by Crippen LogP contribution is -2.49. The van der Waals surface area contributed by atoms with Crippen LogP contribution < -0.4 is 5.32 Å². The van der Waals surface area contributed by atoms with Gasteiger partial charge in [-0.3, -0.25) is 14.3 Å². The van der Waals surface area contributed by atoms with Gasteiger partial charge in [-0.05, 0) is 44.4 Å². The third-order valence-electron chi connectivity index (χ3n) is 4.14. The van der Waals surface area contributed by atoms with Gasteiger partial charge in [0.1, 0.15) is 18.3 Å². The van der Waals surface area contributed by atoms with Crippen molar-refractivity contribution in [3.05, 3.63) is 30.7 Å². The topological polar surface area (TPSA) is 80.4 Å². The Bertz CT molecular complexity index is 687. The van der Waals surface area contributed by atoms with Crippen LogP contribution in [0.25, 0.3) is 11.5 Å². The normalized spacial score (nSPS) is 16.0. The van der Waals surface area contributed by atoms with Gasteiger partial charge in [0.05, 0.1) is 6.26 Å². The minimum atomic E-state index is -0.518. The van der Waals surface area contributed by atoms with Crippen molar-refractivity contribution in [2.45, 2.75) is 38.8 Å². The number of amides is 2. The van der Waals surface area contributed by atoms with Crippen LogP contribution in [-0.2, 0) is 16.1 Å². The Hall–Kier alpha value is -2.57. The lowest BCUT2D eigenvalue weighted by atomic mass is 10.1. The number of rotatable bonds is 5. The molecule has 2 aromatic rings. The molecule has 2 aromatic heterocycles. The third kappa shape index (κ3) is 3.84. The van der Waals surface area contributed by atoms with E-state index in [1.165, 1.54) is 11.1 Å². The number of carbonyl (C=O) groups excluding carboxylic acids is 2. The molecule has 0 bridgehead atoms. The van der Waals surface area contributed by atoms with Crippen molar-refractivity contribution >= 4 is 11.8 Å². The summed E-state index contributed by atoms with van der Waals surface area (Å²) >= 11 is 0. The molecule has 0 spiro atoms. The first-order valence-electron chi connectivity index (χ1n) is 8.29. The third-order valence-corrected chi connectivity index (χ3v) is 4.14. The number of hydrogen-bond donors (Lipinski definition) is 1. The van der Waals surface area contributed by atoms with Crippen LogP contribution in [0, 0.1) is 0 Å². The van der Waals surface area contributed by atoms with Crippen molar-refractivity contribution < 1.29 is 14.0 Å². The van der Waals surface area contributed by atoms with Crippen LogP contribution in [0.15, 0.2) is 35.1 Å². The molecule has 1 fully saturated rings. The molecule has 1 N–H and O–H groups in total. The Kier molecular flexibility index (Phi) is 4.98. The molecule has 1 atom stereocenters. The average Bonchev–Trinajstić information content (AvgIpc) is 3.26. The molecule has 128 valence electrons. The van der Waals surface area contributed by atoms with Crippen molar-refractivity contribution in [1.82, 2.24) is 20.0 Å². The van der Waals surface area contributed by atoms with Gasteiger partial charge in [-0.2, -0.15) is 5.10 Å². The fourth-order valence-corrected chi connectivity index (χ4v) is 2.89. The van der Waals surface area contributed by atoms with Gasteiger partial charge in [-0.25, -0.2) is 0 Å². The summed E-state index contributed by atoms with van der Waals surface area (Å²) in [4.78, 5) is 26.3. The van der Waals surface area contributed by atoms with E-state index in [-0.39, 0.29) is 18.4 Å². The van der Waals surface area contributed by atoms with Crippen LogP contribution in [-0.4, -0.2) is 45.6 Å². The summed E-state index contributed by atoms with van der Waals surface area (Å²) in [5.74, 6) is 0.407. The Morgan fingerprint density at radius 1 is 1.29 bits per heavy atom. The highest BCUT2D eigenvalue weighted by Gasteiger charge is 2.23. The lowest BCUT2D eigenvalue weighted by Gasteiger charge is -2.29. The highest BCUT2D eigenvalue weighted by molar-refractivity contribution is 5.87. The summed E-state index contributed by atoms with van der Waals surface area (Å²) in [6, 6.07) is 4.87. The molecule has 7 heteroatoms. The number of nitrogens with one attached hydrogen (secondary N) is 1. The van der Waals surface area contributed by atoms with Crippen LogP contribution in [0.3, 0.4) is 0 Å². The maximum absolute atomic E-state index is 12.3. The Labute approximate surface area is 140 Å². The first-order chi connectivity index (χ1) is 11.6. The summed E-state index contributed by atoms with van der Waals surface area (Å²) < 4.78 is 6.81. The summed E-state index contributed by atoms with van der Waals surface area (Å²) in [6.45, 7) is 3.36. The second kappa shape index (κ2) is 7.33. The van der Waals surface area contributed by atoms with Crippen molar-refractivity contribution in [3.8, 4) is 11.5 Å². The molecular weight excluding hydrogens is 308 g/mol. The van der Waals surface area contributed by atoms with E-state index in [2.05, 4.69) is 10.4 Å². The van der Waals surface area contributed by atoms with Crippen molar-refractivity contribution in [2.75, 3.05) is 13.1 Å². The summed E-state index contributed by atoms with van der Waals surface area (Å²) in [5, 5.41) is 7.06. The maximum atomic E-state index is 12.3. The van der Waals surface area contributed by atoms with E-state index < -0.39 is 6.04 Å². The zero-order chi connectivity index (χ0) is 16.9. The standard InChI is InChI=1S/C17H22N4O3/c1-13(17(23)20-8-3-2-4-9-20)18-16(22)12-21-10-7-14(19-21)15-6-5-11-24-15/h5-7,10-11,13H,2-4,8-9,12H2,1H3,(H,18,22)/t13-/m1/s1. The van der Waals surface area contributed by atoms with E-state index in [1.54, 1.807) is 31.5 Å². The van der Waals surface area contributed by atoms with Crippen LogP contribution in [0.5, 0.6) is 0 Å². The Balaban J connectivity index is 1.52. The van der Waals surface area contributed by atoms with E-state index in [0.29, 0.717) is 11.5 Å². The summed E-state index contributed by atoms with van der Waals surface area (Å²) in [6.07, 6.45) is 6.54. The average molecular weight is 330 g/mol. The van der Waals surface area contributed by atoms with E-state index in [4.69, 9.17) is 4.42 Å². The molecule has 0 aromatic carbocycles. The minimum Gasteiger partial charge on any atom is -0.463 e. The van der Waals surface area contributed by atoms with Gasteiger partial charge in [0.2, 0.25) is 11.8 Å². The fourth-order valence-electron chi connectivity index (χ4n) is 2.89. The smallest absolute Gasteiger partial charge is 0.244 e. The molecule has 0 radical (unpaired) electrons. The molecule has 1 aliphatic heterocycles. The van der Waals surface area contributed by atoms with E-state index in [9.17, 15) is 9.59 Å². The van der Waals surface area contributed by atoms with Gasteiger partial charge in [0.25, 0.3) is 0 Å². The number of hydrogen-bond acceptors (Lipinski definition) is 4. The number of aromatic nitrogens is 2. The molecular formula is C17H22N4O3. The Morgan fingerprint density at radius 2 is 2.08 bits per heavy atom. The van der Waals surface area contributed by atoms with Gasteiger partial charge in [-0.1, -0.05) is 0 Å². The molecule has 3 heterocycles. The van der Waals surface area contributed by atoms with Gasteiger partial charge in [-0.15, -0.1) is 0 Å². The minimum absolute atomic E-state index is 0.0141. The molecule has 3 rings (SSSR count). The predicted octanol–water partition coefficient (Wildman–Crippen LogP) is 1.66. The number of likely N-dealkylation sites (tertiary alicyclic amines) is 1. The molecule has 24 heavy (non-hydrogen) atoms. The van der Waals surface area contributed by atoms with Gasteiger partial charge < -0.3 is 14.6 Å². The maximum Gasteiger partial charge on any atom is 0.244 e. The second-order valence-corrected chi connectivity index (χ2v) is 6.05. The van der Waals surface area contributed by atoms with Crippen LogP contribution in [0.2, 0.25) is 0 Å². The predicted molar refractivity (Wildman–Crippen MR) is 88.0 cm³/mol. The molecule has 0 unspecified atom stereocenters. The molecule has 1 aliphatic rings. The number of piperidine rings is 1. The molecule has 0 saturated carbocycles. The zero-order valence-corrected chi connectivity index (χ0v) is 13.8. The fraction of sp³-hybridized carbons (Fsp3) is 0.471. The molecule has 0 aliphatic carbocycles. The largest absolute Gasteiger partial charge is 0.463 e. The number of furan rings is 1. The molecule has 1 saturated heterocycles. The SMILES string of the molecule is C[C@@H](NC(=O)Cn1ccc(-c2ccco2)n1)C(=O)N1CCCCC1. The quantitative estimate of drug-likeness (QED) is 0.904. The van der Waals surface area contributed by atoms with Crippen LogP contribution in [0.4, 0.5) is 0 Å². The van der Waals surface area contributed by atoms with Gasteiger partial charge in [0.15, 0.2) is 5.76 Å². The monoisotopic (exact) mass is 330 g/mol. The van der Waals surface area contributed by atoms with Crippen molar-refractivity contribution in [2.24, 2.45) is 0 Å². The van der Waals surface area contributed by atoms with Crippen LogP contribution in [0.1, 0.15) is 26.2 Å².